The molecule has 0 saturated carbocycles. The molecule has 1 saturated heterocycles. The van der Waals surface area contributed by atoms with Crippen LogP contribution in [0.5, 0.6) is 0 Å². The largest absolute Gasteiger partial charge is 0.390 e. The number of unbranched alkanes of at least 4 members (excludes halogenated alkanes) is 33. The molecule has 0 spiro atoms. The number of aliphatic hydroxyl groups is 5. The van der Waals surface area contributed by atoms with Crippen molar-refractivity contribution in [2.24, 2.45) is 0 Å². The molecule has 0 radical (unpaired) electrons. The van der Waals surface area contributed by atoms with E-state index in [-0.39, 0.29) is 17.2 Å². The first-order valence-corrected chi connectivity index (χ1v) is 30.2. The molecule has 0 bridgehead atoms. The highest BCUT2D eigenvalue weighted by molar-refractivity contribution is 7.86. The van der Waals surface area contributed by atoms with E-state index in [1.807, 2.05) is 6.92 Å². The van der Waals surface area contributed by atoms with Crippen LogP contribution >= 0.6 is 0 Å². The van der Waals surface area contributed by atoms with Crippen molar-refractivity contribution in [1.29, 1.82) is 0 Å². The zero-order chi connectivity index (χ0) is 51.1. The van der Waals surface area contributed by atoms with E-state index in [0.717, 1.165) is 44.1 Å². The van der Waals surface area contributed by atoms with E-state index in [1.165, 1.54) is 185 Å². The van der Waals surface area contributed by atoms with E-state index in [2.05, 4.69) is 19.2 Å². The molecule has 8 atom stereocenters. The second-order valence-electron chi connectivity index (χ2n) is 20.8. The molecule has 0 unspecified atom stereocenters. The number of rotatable bonds is 47. The number of aryl methyl sites for hydroxylation is 1. The van der Waals surface area contributed by atoms with Gasteiger partial charge in [-0.25, -0.2) is 0 Å². The molecule has 1 aromatic carbocycles. The first-order valence-electron chi connectivity index (χ1n) is 28.8. The molecule has 13 heteroatoms. The molecule has 12 nitrogen and oxygen atoms in total. The summed E-state index contributed by atoms with van der Waals surface area (Å²) in [7, 11) is -4.24. The monoisotopic (exact) mass is 1010 g/mol. The molecule has 0 aromatic heterocycles. The molecular formula is C57H105NO11S. The Morgan fingerprint density at radius 1 is 0.571 bits per heavy atom. The first kappa shape index (κ1) is 64.4. The smallest absolute Gasteiger partial charge is 0.297 e. The lowest BCUT2D eigenvalue weighted by atomic mass is 9.98. The van der Waals surface area contributed by atoms with Gasteiger partial charge in [-0.3, -0.25) is 8.98 Å². The number of amides is 1. The second kappa shape index (κ2) is 41.6. The van der Waals surface area contributed by atoms with Crippen LogP contribution in [0, 0.1) is 6.92 Å². The number of hydrogen-bond acceptors (Lipinski definition) is 11. The van der Waals surface area contributed by atoms with Gasteiger partial charge >= 0.3 is 0 Å². The lowest BCUT2D eigenvalue weighted by Crippen LogP contribution is -2.60. The van der Waals surface area contributed by atoms with E-state index in [1.54, 1.807) is 12.1 Å². The van der Waals surface area contributed by atoms with Crippen molar-refractivity contribution in [3.05, 3.63) is 29.8 Å². The molecule has 6 N–H and O–H groups in total. The number of ether oxygens (including phenoxy) is 2. The second-order valence-corrected chi connectivity index (χ2v) is 22.5. The van der Waals surface area contributed by atoms with Crippen LogP contribution in [0.4, 0.5) is 0 Å². The van der Waals surface area contributed by atoms with E-state index in [4.69, 9.17) is 13.7 Å². The highest BCUT2D eigenvalue weighted by Crippen LogP contribution is 2.25. The summed E-state index contributed by atoms with van der Waals surface area (Å²) in [5, 5.41) is 57.5. The van der Waals surface area contributed by atoms with Crippen molar-refractivity contribution in [2.75, 3.05) is 13.2 Å². The summed E-state index contributed by atoms with van der Waals surface area (Å²) in [6.45, 7) is 5.25. The Morgan fingerprint density at radius 3 is 1.37 bits per heavy atom. The molecular weight excluding hydrogens is 907 g/mol. The number of carbonyl (C=O) groups is 1. The summed E-state index contributed by atoms with van der Waals surface area (Å²) < 4.78 is 42.4. The Kier molecular flexibility index (Phi) is 38.3. The maximum absolute atomic E-state index is 13.3. The van der Waals surface area contributed by atoms with Crippen LogP contribution in [0.15, 0.2) is 29.2 Å². The summed E-state index contributed by atoms with van der Waals surface area (Å²) in [6.07, 6.45) is 33.5. The average Bonchev–Trinajstić information content (AvgIpc) is 3.35. The summed E-state index contributed by atoms with van der Waals surface area (Å²) >= 11 is 0. The lowest BCUT2D eigenvalue weighted by Gasteiger charge is -2.40. The summed E-state index contributed by atoms with van der Waals surface area (Å²) in [5.41, 5.74) is 0.856. The van der Waals surface area contributed by atoms with Gasteiger partial charge in [0.1, 0.15) is 30.5 Å². The number of nitrogens with one attached hydrogen (secondary N) is 1. The zero-order valence-corrected chi connectivity index (χ0v) is 45.4. The Balaban J connectivity index is 1.75. The number of benzene rings is 1. The third kappa shape index (κ3) is 30.5. The topological polar surface area (TPSA) is 192 Å². The molecule has 1 aliphatic rings. The first-order chi connectivity index (χ1) is 33.9. The number of aliphatic hydroxyl groups excluding tert-OH is 5. The summed E-state index contributed by atoms with van der Waals surface area (Å²) in [6, 6.07) is 4.94. The number of carbonyl (C=O) groups excluding carboxylic acids is 1. The zero-order valence-electron chi connectivity index (χ0n) is 44.6. The van der Waals surface area contributed by atoms with Gasteiger partial charge in [0, 0.05) is 6.42 Å². The maximum atomic E-state index is 13.3. The minimum atomic E-state index is -4.24. The predicted octanol–water partition coefficient (Wildman–Crippen LogP) is 12.2. The van der Waals surface area contributed by atoms with Gasteiger partial charge in [0.25, 0.3) is 10.1 Å². The lowest BCUT2D eigenvalue weighted by molar-refractivity contribution is -0.302. The van der Waals surface area contributed by atoms with Crippen LogP contribution in [-0.4, -0.2) is 102 Å². The molecule has 2 rings (SSSR count). The fourth-order valence-electron chi connectivity index (χ4n) is 9.53. The van der Waals surface area contributed by atoms with Crippen molar-refractivity contribution in [1.82, 2.24) is 5.32 Å². The highest BCUT2D eigenvalue weighted by atomic mass is 32.2. The maximum Gasteiger partial charge on any atom is 0.297 e. The van der Waals surface area contributed by atoms with Gasteiger partial charge in [-0.1, -0.05) is 250 Å². The van der Waals surface area contributed by atoms with Crippen molar-refractivity contribution in [3.8, 4) is 0 Å². The average molecular weight is 1010 g/mol. The van der Waals surface area contributed by atoms with Crippen LogP contribution in [0.1, 0.15) is 257 Å². The molecule has 70 heavy (non-hydrogen) atoms. The van der Waals surface area contributed by atoms with Gasteiger partial charge in [0.05, 0.1) is 30.3 Å². The summed E-state index contributed by atoms with van der Waals surface area (Å²) in [4.78, 5) is 13.2. The fourth-order valence-corrected chi connectivity index (χ4v) is 10.4. The van der Waals surface area contributed by atoms with E-state index >= 15 is 0 Å². The molecule has 410 valence electrons. The van der Waals surface area contributed by atoms with Crippen LogP contribution < -0.4 is 5.32 Å². The van der Waals surface area contributed by atoms with Crippen LogP contribution in [-0.2, 0) is 28.6 Å². The van der Waals surface area contributed by atoms with E-state index in [9.17, 15) is 38.7 Å². The predicted molar refractivity (Wildman–Crippen MR) is 283 cm³/mol. The minimum absolute atomic E-state index is 0.0951. The van der Waals surface area contributed by atoms with Gasteiger partial charge in [-0.15, -0.1) is 0 Å². The van der Waals surface area contributed by atoms with Crippen LogP contribution in [0.2, 0.25) is 0 Å². The van der Waals surface area contributed by atoms with Gasteiger partial charge in [-0.05, 0) is 31.9 Å². The van der Waals surface area contributed by atoms with Crippen molar-refractivity contribution >= 4 is 16.0 Å². The van der Waals surface area contributed by atoms with Gasteiger partial charge in [0.15, 0.2) is 6.29 Å². The molecule has 1 fully saturated rings. The Labute approximate surface area is 427 Å². The normalized spacial score (nSPS) is 19.9. The summed E-state index contributed by atoms with van der Waals surface area (Å²) in [5.74, 6) is -0.304. The van der Waals surface area contributed by atoms with Gasteiger partial charge in [-0.2, -0.15) is 8.42 Å². The molecule has 1 aromatic rings. The van der Waals surface area contributed by atoms with Crippen molar-refractivity contribution in [3.63, 3.8) is 0 Å². The Hall–Kier alpha value is -1.68. The minimum Gasteiger partial charge on any atom is -0.390 e. The highest BCUT2D eigenvalue weighted by Gasteiger charge is 2.45. The van der Waals surface area contributed by atoms with Crippen molar-refractivity contribution in [2.45, 2.75) is 312 Å². The number of hydrogen-bond donors (Lipinski definition) is 6. The standard InChI is InChI=1S/C57H105NO11S/c1-4-6-8-10-12-14-16-18-19-20-21-22-23-24-25-26-27-28-30-32-34-36-38-40-52(60)58-49(53(61)50(59)39-37-35-33-31-29-17-15-13-11-9-7-5-2)45-67-57-56(64)55(63)54(62)51(69-57)46-68-70(65,66)48-43-41-47(3)42-44-48/h41-44,49-51,53-57,59,61-64H,4-40,45-46H2,1-3H3,(H,58,60)/t49-,50+,51+,53-,54-,55-,56+,57-/m0/s1. The molecule has 1 amide bonds. The quantitative estimate of drug-likeness (QED) is 0.0269. The van der Waals surface area contributed by atoms with Crippen molar-refractivity contribution < 1.29 is 52.4 Å². The van der Waals surface area contributed by atoms with E-state index < -0.39 is 72.3 Å². The SMILES string of the molecule is CCCCCCCCCCCCCCCCCCCCCCCCCC(=O)N[C@@H](CO[C@H]1O[C@H](COS(=O)(=O)c2ccc(C)cc2)[C@H](O)[C@H](O)[C@H]1O)[C@H](O)[C@H](O)CCCCCCCCCCCCCC. The van der Waals surface area contributed by atoms with Crippen LogP contribution in [0.3, 0.4) is 0 Å². The van der Waals surface area contributed by atoms with Gasteiger partial charge < -0.3 is 40.3 Å². The Morgan fingerprint density at radius 2 is 0.957 bits per heavy atom. The molecule has 0 aliphatic carbocycles. The third-order valence-corrected chi connectivity index (χ3v) is 15.6. The fraction of sp³-hybridized carbons (Fsp3) is 0.877. The third-order valence-electron chi connectivity index (χ3n) is 14.3. The van der Waals surface area contributed by atoms with E-state index in [0.29, 0.717) is 19.3 Å². The Bertz CT molecular complexity index is 1480. The molecule has 1 heterocycles. The van der Waals surface area contributed by atoms with Gasteiger partial charge in [0.2, 0.25) is 5.91 Å². The molecule has 1 aliphatic heterocycles. The van der Waals surface area contributed by atoms with Crippen LogP contribution in [0.25, 0.3) is 0 Å².